The van der Waals surface area contributed by atoms with E-state index in [9.17, 15) is 4.79 Å². The molecule has 88 valence electrons. The summed E-state index contributed by atoms with van der Waals surface area (Å²) < 4.78 is 5.82. The molecule has 0 saturated carbocycles. The van der Waals surface area contributed by atoms with Crippen LogP contribution >= 0.6 is 15.9 Å². The molecule has 0 fully saturated rings. The summed E-state index contributed by atoms with van der Waals surface area (Å²) in [6.45, 7) is 2.36. The van der Waals surface area contributed by atoms with Crippen LogP contribution in [0.25, 0.3) is 0 Å². The number of nitrogens with two attached hydrogens (primary N) is 1. The zero-order valence-corrected chi connectivity index (χ0v) is 10.9. The average Bonchev–Trinajstić information content (AvgIpc) is 2.29. The van der Waals surface area contributed by atoms with Crippen molar-refractivity contribution < 1.29 is 9.53 Å². The summed E-state index contributed by atoms with van der Waals surface area (Å²) in [6.07, 6.45) is -0.00301. The van der Waals surface area contributed by atoms with Gasteiger partial charge in [0.05, 0.1) is 6.10 Å². The number of carbonyl (C=O) groups is 1. The Morgan fingerprint density at radius 2 is 2.31 bits per heavy atom. The van der Waals surface area contributed by atoms with E-state index < -0.39 is 0 Å². The van der Waals surface area contributed by atoms with E-state index >= 15 is 0 Å². The number of hydrogen-bond acceptors (Lipinski definition) is 3. The molecule has 1 amide bonds. The maximum atomic E-state index is 11.7. The monoisotopic (exact) mass is 286 g/mol. The topological polar surface area (TPSA) is 64.3 Å². The summed E-state index contributed by atoms with van der Waals surface area (Å²) >= 11 is 3.28. The van der Waals surface area contributed by atoms with Crippen molar-refractivity contribution in [3.05, 3.63) is 28.2 Å². The Morgan fingerprint density at radius 3 is 2.88 bits per heavy atom. The van der Waals surface area contributed by atoms with Gasteiger partial charge in [0, 0.05) is 29.4 Å². The molecule has 5 heteroatoms. The molecule has 4 nitrogen and oxygen atoms in total. The van der Waals surface area contributed by atoms with Crippen LogP contribution in [0.5, 0.6) is 0 Å². The third-order valence-electron chi connectivity index (χ3n) is 2.21. The molecule has 0 heterocycles. The number of ether oxygens (including phenoxy) is 1. The molecule has 16 heavy (non-hydrogen) atoms. The first kappa shape index (κ1) is 13.0. The van der Waals surface area contributed by atoms with Gasteiger partial charge < -0.3 is 15.8 Å². The highest BCUT2D eigenvalue weighted by Gasteiger charge is 2.08. The number of nitrogen functional groups attached to an aromatic ring is 1. The van der Waals surface area contributed by atoms with Crippen molar-refractivity contribution in [1.82, 2.24) is 5.32 Å². The molecule has 1 rings (SSSR count). The summed E-state index contributed by atoms with van der Waals surface area (Å²) in [6, 6.07) is 5.11. The van der Waals surface area contributed by atoms with Crippen LogP contribution in [-0.2, 0) is 4.74 Å². The van der Waals surface area contributed by atoms with Crippen LogP contribution in [0.1, 0.15) is 17.3 Å². The first-order valence-corrected chi connectivity index (χ1v) is 5.70. The zero-order valence-electron chi connectivity index (χ0n) is 9.29. The lowest BCUT2D eigenvalue weighted by Gasteiger charge is -2.11. The standard InChI is InChI=1S/C11H15BrN2O2/c1-7(16-2)6-14-11(15)8-3-4-9(12)10(13)5-8/h3-5,7H,6,13H2,1-2H3,(H,14,15). The first-order valence-electron chi connectivity index (χ1n) is 4.90. The number of rotatable bonds is 4. The van der Waals surface area contributed by atoms with E-state index in [0.29, 0.717) is 17.8 Å². The lowest BCUT2D eigenvalue weighted by molar-refractivity contribution is 0.0870. The molecule has 0 spiro atoms. The highest BCUT2D eigenvalue weighted by atomic mass is 79.9. The fourth-order valence-electron chi connectivity index (χ4n) is 1.11. The van der Waals surface area contributed by atoms with E-state index in [-0.39, 0.29) is 12.0 Å². The van der Waals surface area contributed by atoms with Crippen molar-refractivity contribution in [3.8, 4) is 0 Å². The zero-order chi connectivity index (χ0) is 12.1. The Kier molecular flexibility index (Phi) is 4.76. The Hall–Kier alpha value is -1.07. The summed E-state index contributed by atoms with van der Waals surface area (Å²) in [7, 11) is 1.61. The fourth-order valence-corrected chi connectivity index (χ4v) is 1.35. The third-order valence-corrected chi connectivity index (χ3v) is 2.93. The fraction of sp³-hybridized carbons (Fsp3) is 0.364. The molecule has 0 bridgehead atoms. The SMILES string of the molecule is COC(C)CNC(=O)c1ccc(Br)c(N)c1. The average molecular weight is 287 g/mol. The van der Waals surface area contributed by atoms with Crippen LogP contribution in [-0.4, -0.2) is 25.7 Å². The number of halogens is 1. The number of amides is 1. The number of methoxy groups -OCH3 is 1. The van der Waals surface area contributed by atoms with Crippen molar-refractivity contribution in [3.63, 3.8) is 0 Å². The van der Waals surface area contributed by atoms with Gasteiger partial charge in [0.1, 0.15) is 0 Å². The van der Waals surface area contributed by atoms with Gasteiger partial charge in [-0.2, -0.15) is 0 Å². The molecule has 1 unspecified atom stereocenters. The highest BCUT2D eigenvalue weighted by molar-refractivity contribution is 9.10. The minimum atomic E-state index is -0.150. The van der Waals surface area contributed by atoms with E-state index in [4.69, 9.17) is 10.5 Å². The normalized spacial score (nSPS) is 12.2. The molecule has 1 aromatic rings. The Morgan fingerprint density at radius 1 is 1.62 bits per heavy atom. The van der Waals surface area contributed by atoms with E-state index in [1.807, 2.05) is 6.92 Å². The maximum Gasteiger partial charge on any atom is 0.251 e. The van der Waals surface area contributed by atoms with E-state index in [1.54, 1.807) is 25.3 Å². The van der Waals surface area contributed by atoms with Gasteiger partial charge in [-0.25, -0.2) is 0 Å². The van der Waals surface area contributed by atoms with Crippen molar-refractivity contribution >= 4 is 27.5 Å². The molecule has 0 aromatic heterocycles. The Labute approximate surface area is 103 Å². The smallest absolute Gasteiger partial charge is 0.251 e. The molecule has 0 aliphatic heterocycles. The molecule has 0 aliphatic carbocycles. The quantitative estimate of drug-likeness (QED) is 0.830. The number of nitrogens with one attached hydrogen (secondary N) is 1. The molecule has 1 aromatic carbocycles. The minimum Gasteiger partial charge on any atom is -0.398 e. The predicted molar refractivity (Wildman–Crippen MR) is 67.4 cm³/mol. The molecule has 0 saturated heterocycles. The minimum absolute atomic E-state index is 0.00301. The molecular formula is C11H15BrN2O2. The second-order valence-corrected chi connectivity index (χ2v) is 4.35. The van der Waals surface area contributed by atoms with Gasteiger partial charge >= 0.3 is 0 Å². The van der Waals surface area contributed by atoms with Gasteiger partial charge in [-0.1, -0.05) is 0 Å². The summed E-state index contributed by atoms with van der Waals surface area (Å²) in [5.74, 6) is -0.150. The lowest BCUT2D eigenvalue weighted by atomic mass is 10.2. The van der Waals surface area contributed by atoms with Gasteiger partial charge in [0.15, 0.2) is 0 Å². The molecule has 0 aliphatic rings. The third kappa shape index (κ3) is 3.50. The van der Waals surface area contributed by atoms with E-state index in [2.05, 4.69) is 21.2 Å². The molecule has 0 radical (unpaired) electrons. The van der Waals surface area contributed by atoms with Crippen LogP contribution in [0.3, 0.4) is 0 Å². The van der Waals surface area contributed by atoms with Crippen LogP contribution in [0, 0.1) is 0 Å². The summed E-state index contributed by atoms with van der Waals surface area (Å²) in [5, 5.41) is 2.76. The first-order chi connectivity index (χ1) is 7.54. The summed E-state index contributed by atoms with van der Waals surface area (Å²) in [4.78, 5) is 11.7. The van der Waals surface area contributed by atoms with Gasteiger partial charge in [0.2, 0.25) is 0 Å². The predicted octanol–water partition coefficient (Wildman–Crippen LogP) is 1.80. The summed E-state index contributed by atoms with van der Waals surface area (Å²) in [5.41, 5.74) is 6.78. The van der Waals surface area contributed by atoms with Crippen LogP contribution in [0.15, 0.2) is 22.7 Å². The van der Waals surface area contributed by atoms with Crippen molar-refractivity contribution in [2.45, 2.75) is 13.0 Å². The second kappa shape index (κ2) is 5.86. The maximum absolute atomic E-state index is 11.7. The van der Waals surface area contributed by atoms with Gasteiger partial charge in [-0.3, -0.25) is 4.79 Å². The number of benzene rings is 1. The molecule has 3 N–H and O–H groups in total. The Balaban J connectivity index is 2.63. The molecular weight excluding hydrogens is 272 g/mol. The van der Waals surface area contributed by atoms with Crippen LogP contribution < -0.4 is 11.1 Å². The number of carbonyl (C=O) groups excluding carboxylic acids is 1. The van der Waals surface area contributed by atoms with Gasteiger partial charge in [0.25, 0.3) is 5.91 Å². The van der Waals surface area contributed by atoms with Crippen molar-refractivity contribution in [2.75, 3.05) is 19.4 Å². The molecule has 1 atom stereocenters. The Bertz CT molecular complexity index is 382. The second-order valence-electron chi connectivity index (χ2n) is 3.49. The number of hydrogen-bond donors (Lipinski definition) is 2. The van der Waals surface area contributed by atoms with Gasteiger partial charge in [-0.05, 0) is 41.1 Å². The van der Waals surface area contributed by atoms with Crippen LogP contribution in [0.2, 0.25) is 0 Å². The number of anilines is 1. The largest absolute Gasteiger partial charge is 0.398 e. The van der Waals surface area contributed by atoms with E-state index in [1.165, 1.54) is 0 Å². The lowest BCUT2D eigenvalue weighted by Crippen LogP contribution is -2.31. The highest BCUT2D eigenvalue weighted by Crippen LogP contribution is 2.19. The van der Waals surface area contributed by atoms with Gasteiger partial charge in [-0.15, -0.1) is 0 Å². The van der Waals surface area contributed by atoms with Crippen LogP contribution in [0.4, 0.5) is 5.69 Å². The van der Waals surface area contributed by atoms with Crippen molar-refractivity contribution in [1.29, 1.82) is 0 Å². The van der Waals surface area contributed by atoms with E-state index in [0.717, 1.165) is 4.47 Å². The van der Waals surface area contributed by atoms with Crippen molar-refractivity contribution in [2.24, 2.45) is 0 Å².